The number of hydrogen-bond donors (Lipinski definition) is 3. The Hall–Kier alpha value is -3.14. The molecule has 3 aromatic rings. The van der Waals surface area contributed by atoms with Gasteiger partial charge in [-0.05, 0) is 30.7 Å². The summed E-state index contributed by atoms with van der Waals surface area (Å²) in [5.41, 5.74) is 2.18. The molecule has 0 saturated carbocycles. The van der Waals surface area contributed by atoms with E-state index in [1.807, 2.05) is 0 Å². The molecule has 0 aliphatic heterocycles. The molecule has 3 N–H and O–H groups in total. The summed E-state index contributed by atoms with van der Waals surface area (Å²) in [5.74, 6) is -0.634. The monoisotopic (exact) mass is 361 g/mol. The largest absolute Gasteiger partial charge is 0.478 e. The summed E-state index contributed by atoms with van der Waals surface area (Å²) >= 11 is 0. The Morgan fingerprint density at radius 2 is 2.00 bits per heavy atom. The third-order valence-corrected chi connectivity index (χ3v) is 4.09. The van der Waals surface area contributed by atoms with E-state index in [0.717, 1.165) is 6.26 Å². The van der Waals surface area contributed by atoms with Gasteiger partial charge in [-0.25, -0.2) is 22.7 Å². The fourth-order valence-corrected chi connectivity index (χ4v) is 3.03. The van der Waals surface area contributed by atoms with Crippen LogP contribution in [-0.4, -0.2) is 40.3 Å². The van der Waals surface area contributed by atoms with Crippen molar-refractivity contribution in [3.63, 3.8) is 0 Å². The lowest BCUT2D eigenvalue weighted by Crippen LogP contribution is -2.09. The second-order valence-corrected chi connectivity index (χ2v) is 7.20. The predicted octanol–water partition coefficient (Wildman–Crippen LogP) is 1.85. The Bertz CT molecular complexity index is 1070. The molecule has 25 heavy (non-hydrogen) atoms. The molecule has 0 saturated heterocycles. The average molecular weight is 361 g/mol. The molecular formula is C15H15N5O4S. The van der Waals surface area contributed by atoms with Crippen LogP contribution in [0, 0.1) is 6.92 Å². The average Bonchev–Trinajstić information content (AvgIpc) is 2.84. The zero-order chi connectivity index (χ0) is 18.2. The number of carbonyl (C=O) groups is 1. The van der Waals surface area contributed by atoms with E-state index in [4.69, 9.17) is 0 Å². The molecule has 0 aliphatic carbocycles. The number of nitrogens with one attached hydrogen (secondary N) is 2. The van der Waals surface area contributed by atoms with Crippen molar-refractivity contribution in [2.24, 2.45) is 0 Å². The van der Waals surface area contributed by atoms with E-state index < -0.39 is 16.0 Å². The molecule has 3 rings (SSSR count). The highest BCUT2D eigenvalue weighted by Gasteiger charge is 2.17. The maximum Gasteiger partial charge on any atom is 0.337 e. The minimum atomic E-state index is -3.39. The molecule has 0 aliphatic rings. The van der Waals surface area contributed by atoms with E-state index in [0.29, 0.717) is 28.3 Å². The van der Waals surface area contributed by atoms with Gasteiger partial charge in [-0.1, -0.05) is 6.07 Å². The predicted molar refractivity (Wildman–Crippen MR) is 92.9 cm³/mol. The Morgan fingerprint density at radius 1 is 1.28 bits per heavy atom. The van der Waals surface area contributed by atoms with Crippen molar-refractivity contribution < 1.29 is 18.3 Å². The highest BCUT2D eigenvalue weighted by Crippen LogP contribution is 2.26. The number of nitrogens with zero attached hydrogens (tertiary/aromatic N) is 3. The van der Waals surface area contributed by atoms with E-state index in [1.54, 1.807) is 31.2 Å². The first-order valence-corrected chi connectivity index (χ1v) is 9.05. The van der Waals surface area contributed by atoms with E-state index in [9.17, 15) is 18.3 Å². The number of carboxylic acids is 1. The van der Waals surface area contributed by atoms with Crippen LogP contribution in [-0.2, 0) is 10.0 Å². The molecule has 0 spiro atoms. The Kier molecular flexibility index (Phi) is 4.05. The maximum atomic E-state index is 11.3. The van der Waals surface area contributed by atoms with Crippen LogP contribution in [0.25, 0.3) is 5.52 Å². The van der Waals surface area contributed by atoms with Crippen LogP contribution in [0.15, 0.2) is 36.8 Å². The van der Waals surface area contributed by atoms with Gasteiger partial charge in [0.1, 0.15) is 11.8 Å². The molecule has 2 heterocycles. The maximum absolute atomic E-state index is 11.3. The molecule has 0 bridgehead atoms. The molecule has 0 atom stereocenters. The fourth-order valence-electron chi connectivity index (χ4n) is 2.48. The first-order chi connectivity index (χ1) is 11.7. The van der Waals surface area contributed by atoms with Gasteiger partial charge in [0.2, 0.25) is 10.0 Å². The van der Waals surface area contributed by atoms with E-state index in [1.165, 1.54) is 17.0 Å². The van der Waals surface area contributed by atoms with Crippen LogP contribution in [0.2, 0.25) is 0 Å². The quantitative estimate of drug-likeness (QED) is 0.633. The van der Waals surface area contributed by atoms with Crippen molar-refractivity contribution in [1.82, 2.24) is 14.6 Å². The third-order valence-electron chi connectivity index (χ3n) is 3.49. The molecule has 0 fully saturated rings. The number of benzene rings is 1. The summed E-state index contributed by atoms with van der Waals surface area (Å²) in [6.07, 6.45) is 3.79. The molecule has 0 unspecified atom stereocenters. The molecule has 9 nitrogen and oxygen atoms in total. The molecule has 1 aromatic carbocycles. The second-order valence-electron chi connectivity index (χ2n) is 5.45. The lowest BCUT2D eigenvalue weighted by Gasteiger charge is -2.10. The summed E-state index contributed by atoms with van der Waals surface area (Å²) in [6, 6.07) is 6.65. The van der Waals surface area contributed by atoms with Gasteiger partial charge >= 0.3 is 5.97 Å². The van der Waals surface area contributed by atoms with Gasteiger partial charge < -0.3 is 10.4 Å². The third kappa shape index (κ3) is 3.53. The van der Waals surface area contributed by atoms with Crippen LogP contribution in [0.4, 0.5) is 17.2 Å². The second kappa shape index (κ2) is 6.06. The SMILES string of the molecule is Cc1c(C(=O)O)cn2ncnc(Nc3cccc(NS(C)(=O)=O)c3)c12. The topological polar surface area (TPSA) is 126 Å². The van der Waals surface area contributed by atoms with Crippen molar-refractivity contribution >= 4 is 38.7 Å². The summed E-state index contributed by atoms with van der Waals surface area (Å²) in [4.78, 5) is 15.5. The first kappa shape index (κ1) is 16.7. The number of aromatic nitrogens is 3. The van der Waals surface area contributed by atoms with Crippen LogP contribution in [0.1, 0.15) is 15.9 Å². The van der Waals surface area contributed by atoms with Gasteiger partial charge in [-0.2, -0.15) is 5.10 Å². The van der Waals surface area contributed by atoms with Gasteiger partial charge in [-0.15, -0.1) is 0 Å². The molecule has 0 amide bonds. The fraction of sp³-hybridized carbons (Fsp3) is 0.133. The highest BCUT2D eigenvalue weighted by atomic mass is 32.2. The van der Waals surface area contributed by atoms with Gasteiger partial charge in [0.05, 0.1) is 17.5 Å². The van der Waals surface area contributed by atoms with Gasteiger partial charge in [0.15, 0.2) is 5.82 Å². The lowest BCUT2D eigenvalue weighted by molar-refractivity contribution is 0.0696. The molecule has 130 valence electrons. The van der Waals surface area contributed by atoms with Crippen molar-refractivity contribution in [1.29, 1.82) is 0 Å². The van der Waals surface area contributed by atoms with E-state index in [2.05, 4.69) is 20.1 Å². The zero-order valence-corrected chi connectivity index (χ0v) is 14.2. The molecule has 2 aromatic heterocycles. The number of aryl methyl sites for hydroxylation is 1. The Balaban J connectivity index is 2.01. The van der Waals surface area contributed by atoms with Crippen molar-refractivity contribution in [2.75, 3.05) is 16.3 Å². The number of anilines is 3. The summed E-state index contributed by atoms with van der Waals surface area (Å²) in [6.45, 7) is 1.68. The molecular weight excluding hydrogens is 346 g/mol. The summed E-state index contributed by atoms with van der Waals surface area (Å²) in [5, 5.41) is 16.3. The number of hydrogen-bond acceptors (Lipinski definition) is 6. The van der Waals surface area contributed by atoms with Crippen LogP contribution >= 0.6 is 0 Å². The normalized spacial score (nSPS) is 11.4. The number of rotatable bonds is 5. The van der Waals surface area contributed by atoms with Crippen molar-refractivity contribution in [3.8, 4) is 0 Å². The Labute approximate surface area is 143 Å². The smallest absolute Gasteiger partial charge is 0.337 e. The molecule has 10 heteroatoms. The van der Waals surface area contributed by atoms with Gasteiger partial charge in [0.25, 0.3) is 0 Å². The van der Waals surface area contributed by atoms with Crippen molar-refractivity contribution in [3.05, 3.63) is 47.9 Å². The van der Waals surface area contributed by atoms with Crippen molar-refractivity contribution in [2.45, 2.75) is 6.92 Å². The Morgan fingerprint density at radius 3 is 2.68 bits per heavy atom. The van der Waals surface area contributed by atoms with Crippen LogP contribution < -0.4 is 10.0 Å². The van der Waals surface area contributed by atoms with E-state index >= 15 is 0 Å². The minimum Gasteiger partial charge on any atom is -0.478 e. The number of carboxylic acid groups (broad SMARTS) is 1. The summed E-state index contributed by atoms with van der Waals surface area (Å²) in [7, 11) is -3.39. The van der Waals surface area contributed by atoms with Crippen LogP contribution in [0.3, 0.4) is 0 Å². The van der Waals surface area contributed by atoms with E-state index in [-0.39, 0.29) is 5.56 Å². The summed E-state index contributed by atoms with van der Waals surface area (Å²) < 4.78 is 26.5. The number of sulfonamides is 1. The standard InChI is InChI=1S/C15H15N5O4S/c1-9-12(15(21)22)7-20-13(9)14(16-8-17-20)18-10-4-3-5-11(6-10)19-25(2,23)24/h3-8,19H,1-2H3,(H,21,22)(H,16,17,18). The zero-order valence-electron chi connectivity index (χ0n) is 13.4. The van der Waals surface area contributed by atoms with Crippen LogP contribution in [0.5, 0.6) is 0 Å². The highest BCUT2D eigenvalue weighted by molar-refractivity contribution is 7.92. The minimum absolute atomic E-state index is 0.135. The molecule has 0 radical (unpaired) electrons. The number of fused-ring (bicyclic) bond motifs is 1. The first-order valence-electron chi connectivity index (χ1n) is 7.16. The van der Waals surface area contributed by atoms with Gasteiger partial charge in [-0.3, -0.25) is 4.72 Å². The lowest BCUT2D eigenvalue weighted by atomic mass is 10.2. The number of aromatic carboxylic acids is 1. The van der Waals surface area contributed by atoms with Gasteiger partial charge in [0, 0.05) is 11.9 Å².